The van der Waals surface area contributed by atoms with E-state index in [0.717, 1.165) is 39.1 Å². The first-order valence-corrected chi connectivity index (χ1v) is 6.41. The lowest BCUT2D eigenvalue weighted by atomic mass is 10.2. The summed E-state index contributed by atoms with van der Waals surface area (Å²) in [5.41, 5.74) is 0. The summed E-state index contributed by atoms with van der Waals surface area (Å²) >= 11 is 1.86. The highest BCUT2D eigenvalue weighted by Crippen LogP contribution is 2.16. The van der Waals surface area contributed by atoms with Crippen molar-refractivity contribution in [2.75, 3.05) is 19.8 Å². The normalized spacial score (nSPS) is 21.8. The molecule has 0 radical (unpaired) electrons. The Kier molecular flexibility index (Phi) is 4.18. The van der Waals surface area contributed by atoms with E-state index in [-0.39, 0.29) is 0 Å². The van der Waals surface area contributed by atoms with E-state index in [0.29, 0.717) is 6.10 Å². The number of aryl methyl sites for hydroxylation is 1. The molecule has 1 aromatic heterocycles. The van der Waals surface area contributed by atoms with Gasteiger partial charge >= 0.3 is 0 Å². The highest BCUT2D eigenvalue weighted by atomic mass is 32.1. The molecule has 0 amide bonds. The first-order valence-electron chi connectivity index (χ1n) is 5.59. The van der Waals surface area contributed by atoms with Gasteiger partial charge in [-0.2, -0.15) is 0 Å². The summed E-state index contributed by atoms with van der Waals surface area (Å²) < 4.78 is 11.1. The Morgan fingerprint density at radius 2 is 2.47 bits per heavy atom. The van der Waals surface area contributed by atoms with Gasteiger partial charge in [0.1, 0.15) is 0 Å². The third-order valence-electron chi connectivity index (χ3n) is 2.62. The van der Waals surface area contributed by atoms with Crippen LogP contribution in [0.25, 0.3) is 0 Å². The van der Waals surface area contributed by atoms with E-state index in [1.807, 2.05) is 11.3 Å². The fourth-order valence-corrected chi connectivity index (χ4v) is 2.66. The third kappa shape index (κ3) is 3.59. The van der Waals surface area contributed by atoms with Crippen LogP contribution in [-0.4, -0.2) is 25.9 Å². The SMILES string of the molecule is Cc1ccc(CCOC2CCCOC2)s1. The zero-order valence-electron chi connectivity index (χ0n) is 9.20. The van der Waals surface area contributed by atoms with Gasteiger partial charge in [0.15, 0.2) is 0 Å². The second-order valence-electron chi connectivity index (χ2n) is 3.97. The second-order valence-corrected chi connectivity index (χ2v) is 5.34. The van der Waals surface area contributed by atoms with E-state index in [1.165, 1.54) is 9.75 Å². The monoisotopic (exact) mass is 226 g/mol. The first-order chi connectivity index (χ1) is 7.34. The van der Waals surface area contributed by atoms with Crippen LogP contribution in [0.15, 0.2) is 12.1 Å². The first kappa shape index (κ1) is 11.1. The van der Waals surface area contributed by atoms with Crippen LogP contribution in [0, 0.1) is 6.92 Å². The number of hydrogen-bond acceptors (Lipinski definition) is 3. The van der Waals surface area contributed by atoms with Crippen molar-refractivity contribution in [3.63, 3.8) is 0 Å². The Morgan fingerprint density at radius 3 is 3.13 bits per heavy atom. The Morgan fingerprint density at radius 1 is 1.53 bits per heavy atom. The summed E-state index contributed by atoms with van der Waals surface area (Å²) in [5, 5.41) is 0. The molecule has 2 rings (SSSR count). The van der Waals surface area contributed by atoms with Crippen molar-refractivity contribution in [3.05, 3.63) is 21.9 Å². The predicted molar refractivity (Wildman–Crippen MR) is 62.6 cm³/mol. The molecular formula is C12H18O2S. The van der Waals surface area contributed by atoms with Crippen molar-refractivity contribution in [2.24, 2.45) is 0 Å². The lowest BCUT2D eigenvalue weighted by Gasteiger charge is -2.22. The molecule has 0 aliphatic carbocycles. The van der Waals surface area contributed by atoms with Gasteiger partial charge in [0, 0.05) is 22.8 Å². The van der Waals surface area contributed by atoms with Gasteiger partial charge in [-0.3, -0.25) is 0 Å². The van der Waals surface area contributed by atoms with Crippen molar-refractivity contribution in [2.45, 2.75) is 32.3 Å². The molecule has 3 heteroatoms. The number of thiophene rings is 1. The van der Waals surface area contributed by atoms with E-state index >= 15 is 0 Å². The van der Waals surface area contributed by atoms with Gasteiger partial charge in [-0.1, -0.05) is 0 Å². The Labute approximate surface area is 95.2 Å². The second kappa shape index (κ2) is 5.64. The van der Waals surface area contributed by atoms with E-state index in [2.05, 4.69) is 19.1 Å². The van der Waals surface area contributed by atoms with Crippen molar-refractivity contribution < 1.29 is 9.47 Å². The van der Waals surface area contributed by atoms with Crippen LogP contribution in [0.4, 0.5) is 0 Å². The molecule has 2 heterocycles. The minimum absolute atomic E-state index is 0.333. The molecular weight excluding hydrogens is 208 g/mol. The average molecular weight is 226 g/mol. The van der Waals surface area contributed by atoms with Crippen molar-refractivity contribution in [3.8, 4) is 0 Å². The van der Waals surface area contributed by atoms with Crippen molar-refractivity contribution in [1.29, 1.82) is 0 Å². The van der Waals surface area contributed by atoms with Gasteiger partial charge in [-0.05, 0) is 31.9 Å². The molecule has 1 fully saturated rings. The molecule has 0 N–H and O–H groups in total. The zero-order chi connectivity index (χ0) is 10.5. The topological polar surface area (TPSA) is 18.5 Å². The van der Waals surface area contributed by atoms with Crippen LogP contribution >= 0.6 is 11.3 Å². The summed E-state index contributed by atoms with van der Waals surface area (Å²) in [4.78, 5) is 2.80. The van der Waals surface area contributed by atoms with E-state index in [1.54, 1.807) is 0 Å². The summed E-state index contributed by atoms with van der Waals surface area (Å²) in [7, 11) is 0. The Bertz CT molecular complexity index is 290. The summed E-state index contributed by atoms with van der Waals surface area (Å²) in [6.07, 6.45) is 3.67. The van der Waals surface area contributed by atoms with Crippen LogP contribution in [0.2, 0.25) is 0 Å². The molecule has 84 valence electrons. The predicted octanol–water partition coefficient (Wildman–Crippen LogP) is 2.79. The molecule has 0 aromatic carbocycles. The highest BCUT2D eigenvalue weighted by molar-refractivity contribution is 7.11. The number of rotatable bonds is 4. The molecule has 1 aliphatic rings. The zero-order valence-corrected chi connectivity index (χ0v) is 10.0. The van der Waals surface area contributed by atoms with Gasteiger partial charge in [0.2, 0.25) is 0 Å². The maximum atomic E-state index is 5.78. The van der Waals surface area contributed by atoms with Crippen LogP contribution in [0.1, 0.15) is 22.6 Å². The van der Waals surface area contributed by atoms with Crippen LogP contribution in [-0.2, 0) is 15.9 Å². The van der Waals surface area contributed by atoms with Gasteiger partial charge in [0.05, 0.1) is 19.3 Å². The number of ether oxygens (including phenoxy) is 2. The molecule has 2 nitrogen and oxygen atoms in total. The van der Waals surface area contributed by atoms with E-state index < -0.39 is 0 Å². The summed E-state index contributed by atoms with van der Waals surface area (Å²) in [6.45, 7) is 4.66. The number of hydrogen-bond donors (Lipinski definition) is 0. The summed E-state index contributed by atoms with van der Waals surface area (Å²) in [5.74, 6) is 0. The fourth-order valence-electron chi connectivity index (χ4n) is 1.79. The molecule has 15 heavy (non-hydrogen) atoms. The van der Waals surface area contributed by atoms with Gasteiger partial charge in [-0.25, -0.2) is 0 Å². The van der Waals surface area contributed by atoms with Crippen LogP contribution in [0.5, 0.6) is 0 Å². The lowest BCUT2D eigenvalue weighted by Crippen LogP contribution is -2.26. The van der Waals surface area contributed by atoms with Gasteiger partial charge in [0.25, 0.3) is 0 Å². The van der Waals surface area contributed by atoms with Crippen LogP contribution < -0.4 is 0 Å². The molecule has 0 spiro atoms. The van der Waals surface area contributed by atoms with Crippen molar-refractivity contribution in [1.82, 2.24) is 0 Å². The third-order valence-corrected chi connectivity index (χ3v) is 3.68. The minimum Gasteiger partial charge on any atom is -0.379 e. The average Bonchev–Trinajstić information content (AvgIpc) is 2.66. The molecule has 1 saturated heterocycles. The van der Waals surface area contributed by atoms with E-state index in [9.17, 15) is 0 Å². The fraction of sp³-hybridized carbons (Fsp3) is 0.667. The maximum absolute atomic E-state index is 5.78. The summed E-state index contributed by atoms with van der Waals surface area (Å²) in [6, 6.07) is 4.37. The quantitative estimate of drug-likeness (QED) is 0.786. The van der Waals surface area contributed by atoms with E-state index in [4.69, 9.17) is 9.47 Å². The standard InChI is InChI=1S/C12H18O2S/c1-10-4-5-12(15-10)6-8-14-11-3-2-7-13-9-11/h4-5,11H,2-3,6-9H2,1H3. The Balaban J connectivity index is 1.65. The van der Waals surface area contributed by atoms with Gasteiger partial charge < -0.3 is 9.47 Å². The molecule has 1 atom stereocenters. The highest BCUT2D eigenvalue weighted by Gasteiger charge is 2.13. The van der Waals surface area contributed by atoms with Crippen LogP contribution in [0.3, 0.4) is 0 Å². The largest absolute Gasteiger partial charge is 0.379 e. The molecule has 1 unspecified atom stereocenters. The maximum Gasteiger partial charge on any atom is 0.0809 e. The smallest absolute Gasteiger partial charge is 0.0809 e. The molecule has 0 saturated carbocycles. The lowest BCUT2D eigenvalue weighted by molar-refractivity contribution is -0.0487. The molecule has 1 aliphatic heterocycles. The van der Waals surface area contributed by atoms with Crippen molar-refractivity contribution >= 4 is 11.3 Å². The molecule has 0 bridgehead atoms. The minimum atomic E-state index is 0.333. The van der Waals surface area contributed by atoms with Gasteiger partial charge in [-0.15, -0.1) is 11.3 Å². The Hall–Kier alpha value is -0.380. The molecule has 1 aromatic rings.